The third-order valence-electron chi connectivity index (χ3n) is 3.43. The van der Waals surface area contributed by atoms with Crippen molar-refractivity contribution in [3.8, 4) is 0 Å². The third kappa shape index (κ3) is 2.68. The number of halogens is 1. The number of nitrogens with zero attached hydrogens (tertiary/aromatic N) is 2. The Morgan fingerprint density at radius 1 is 1.19 bits per heavy atom. The van der Waals surface area contributed by atoms with Crippen LogP contribution >= 0.6 is 11.6 Å². The van der Waals surface area contributed by atoms with Gasteiger partial charge in [-0.25, -0.2) is 4.98 Å². The lowest BCUT2D eigenvalue weighted by Gasteiger charge is -2.11. The number of aromatic nitrogens is 2. The average molecular weight is 300 g/mol. The summed E-state index contributed by atoms with van der Waals surface area (Å²) in [4.78, 5) is 16.3. The Bertz CT molecular complexity index is 858. The van der Waals surface area contributed by atoms with Gasteiger partial charge in [-0.1, -0.05) is 35.9 Å². The van der Waals surface area contributed by atoms with E-state index >= 15 is 0 Å². The molecule has 0 aliphatic heterocycles. The Morgan fingerprint density at radius 2 is 2.00 bits per heavy atom. The maximum atomic E-state index is 12.1. The second-order valence-corrected chi connectivity index (χ2v) is 5.21. The van der Waals surface area contributed by atoms with Gasteiger partial charge in [-0.05, 0) is 29.3 Å². The second-order valence-electron chi connectivity index (χ2n) is 4.80. The van der Waals surface area contributed by atoms with Gasteiger partial charge in [0.15, 0.2) is 0 Å². The molecular weight excluding hydrogens is 286 g/mol. The van der Waals surface area contributed by atoms with E-state index in [2.05, 4.69) is 4.98 Å². The van der Waals surface area contributed by atoms with E-state index in [0.717, 1.165) is 22.2 Å². The number of para-hydroxylation sites is 2. The molecule has 0 saturated carbocycles. The quantitative estimate of drug-likeness (QED) is 0.808. The SMILES string of the molecule is NCc1ccc(Cn2c(=O)cnc3ccccc32)c(Cl)c1. The van der Waals surface area contributed by atoms with Crippen molar-refractivity contribution >= 4 is 22.6 Å². The van der Waals surface area contributed by atoms with E-state index < -0.39 is 0 Å². The number of rotatable bonds is 3. The highest BCUT2D eigenvalue weighted by atomic mass is 35.5. The Balaban J connectivity index is 2.10. The highest BCUT2D eigenvalue weighted by Crippen LogP contribution is 2.20. The Labute approximate surface area is 126 Å². The highest BCUT2D eigenvalue weighted by molar-refractivity contribution is 6.31. The molecule has 3 aromatic rings. The van der Waals surface area contributed by atoms with Crippen molar-refractivity contribution in [1.82, 2.24) is 9.55 Å². The topological polar surface area (TPSA) is 60.9 Å². The summed E-state index contributed by atoms with van der Waals surface area (Å²) in [6, 6.07) is 13.2. The summed E-state index contributed by atoms with van der Waals surface area (Å²) in [5, 5.41) is 0.616. The molecule has 1 heterocycles. The van der Waals surface area contributed by atoms with Crippen LogP contribution in [0, 0.1) is 0 Å². The number of nitrogens with two attached hydrogens (primary N) is 1. The molecule has 2 aromatic carbocycles. The molecule has 0 spiro atoms. The normalized spacial score (nSPS) is 11.0. The molecule has 3 rings (SSSR count). The van der Waals surface area contributed by atoms with Crippen LogP contribution in [0.25, 0.3) is 11.0 Å². The molecule has 0 atom stereocenters. The van der Waals surface area contributed by atoms with Crippen molar-refractivity contribution in [2.75, 3.05) is 0 Å². The molecule has 4 nitrogen and oxygen atoms in total. The van der Waals surface area contributed by atoms with E-state index in [1.54, 1.807) is 4.57 Å². The van der Waals surface area contributed by atoms with E-state index in [-0.39, 0.29) is 5.56 Å². The summed E-state index contributed by atoms with van der Waals surface area (Å²) in [6.07, 6.45) is 1.34. The predicted octanol–water partition coefficient (Wildman–Crippen LogP) is 2.56. The maximum absolute atomic E-state index is 12.1. The van der Waals surface area contributed by atoms with Gasteiger partial charge in [-0.3, -0.25) is 4.79 Å². The van der Waals surface area contributed by atoms with Gasteiger partial charge in [0.25, 0.3) is 5.56 Å². The zero-order valence-corrected chi connectivity index (χ0v) is 12.0. The van der Waals surface area contributed by atoms with Crippen molar-refractivity contribution in [1.29, 1.82) is 0 Å². The lowest BCUT2D eigenvalue weighted by molar-refractivity contribution is 0.786. The van der Waals surface area contributed by atoms with Crippen LogP contribution in [0.5, 0.6) is 0 Å². The fraction of sp³-hybridized carbons (Fsp3) is 0.125. The molecule has 0 aliphatic carbocycles. The van der Waals surface area contributed by atoms with Gasteiger partial charge in [0.2, 0.25) is 0 Å². The summed E-state index contributed by atoms with van der Waals surface area (Å²) >= 11 is 6.28. The van der Waals surface area contributed by atoms with Gasteiger partial charge in [-0.2, -0.15) is 0 Å². The highest BCUT2D eigenvalue weighted by Gasteiger charge is 2.07. The van der Waals surface area contributed by atoms with Gasteiger partial charge in [0.1, 0.15) is 0 Å². The molecule has 5 heteroatoms. The molecule has 106 valence electrons. The number of benzene rings is 2. The summed E-state index contributed by atoms with van der Waals surface area (Å²) in [6.45, 7) is 0.851. The van der Waals surface area contributed by atoms with Crippen LogP contribution in [0.2, 0.25) is 5.02 Å². The third-order valence-corrected chi connectivity index (χ3v) is 3.79. The lowest BCUT2D eigenvalue weighted by Crippen LogP contribution is -2.21. The van der Waals surface area contributed by atoms with Crippen LogP contribution in [0.4, 0.5) is 0 Å². The van der Waals surface area contributed by atoms with Crippen LogP contribution in [0.3, 0.4) is 0 Å². The molecule has 2 N–H and O–H groups in total. The summed E-state index contributed by atoms with van der Waals surface area (Å²) < 4.78 is 1.67. The van der Waals surface area contributed by atoms with Crippen LogP contribution in [-0.4, -0.2) is 9.55 Å². The first kappa shape index (κ1) is 13.8. The molecule has 1 aromatic heterocycles. The van der Waals surface area contributed by atoms with Crippen LogP contribution in [0.1, 0.15) is 11.1 Å². The molecule has 0 bridgehead atoms. The van der Waals surface area contributed by atoms with Crippen molar-refractivity contribution in [3.63, 3.8) is 0 Å². The first-order valence-corrected chi connectivity index (χ1v) is 6.99. The minimum atomic E-state index is -0.146. The zero-order valence-electron chi connectivity index (χ0n) is 11.3. The minimum Gasteiger partial charge on any atom is -0.326 e. The largest absolute Gasteiger partial charge is 0.326 e. The van der Waals surface area contributed by atoms with Gasteiger partial charge < -0.3 is 10.3 Å². The maximum Gasteiger partial charge on any atom is 0.269 e. The number of fused-ring (bicyclic) bond motifs is 1. The summed E-state index contributed by atoms with van der Waals surface area (Å²) in [5.41, 5.74) is 8.88. The Morgan fingerprint density at radius 3 is 2.76 bits per heavy atom. The molecule has 21 heavy (non-hydrogen) atoms. The summed E-state index contributed by atoms with van der Waals surface area (Å²) in [5.74, 6) is 0. The first-order valence-electron chi connectivity index (χ1n) is 6.61. The fourth-order valence-corrected chi connectivity index (χ4v) is 2.56. The first-order chi connectivity index (χ1) is 10.2. The van der Waals surface area contributed by atoms with E-state index in [0.29, 0.717) is 18.1 Å². The Hall–Kier alpha value is -2.17. The van der Waals surface area contributed by atoms with Gasteiger partial charge in [-0.15, -0.1) is 0 Å². The zero-order chi connectivity index (χ0) is 14.8. The Kier molecular flexibility index (Phi) is 3.73. The molecule has 0 aliphatic rings. The lowest BCUT2D eigenvalue weighted by atomic mass is 10.1. The van der Waals surface area contributed by atoms with E-state index in [4.69, 9.17) is 17.3 Å². The summed E-state index contributed by atoms with van der Waals surface area (Å²) in [7, 11) is 0. The van der Waals surface area contributed by atoms with Crippen LogP contribution < -0.4 is 11.3 Å². The van der Waals surface area contributed by atoms with Crippen LogP contribution in [0.15, 0.2) is 53.5 Å². The predicted molar refractivity (Wildman–Crippen MR) is 84.4 cm³/mol. The monoisotopic (exact) mass is 299 g/mol. The van der Waals surface area contributed by atoms with E-state index in [1.165, 1.54) is 6.20 Å². The molecule has 0 radical (unpaired) electrons. The smallest absolute Gasteiger partial charge is 0.269 e. The second kappa shape index (κ2) is 5.68. The van der Waals surface area contributed by atoms with Gasteiger partial charge >= 0.3 is 0 Å². The number of hydrogen-bond acceptors (Lipinski definition) is 3. The minimum absolute atomic E-state index is 0.146. The standard InChI is InChI=1S/C16H14ClN3O/c17-13-7-11(8-18)5-6-12(13)10-20-15-4-2-1-3-14(15)19-9-16(20)21/h1-7,9H,8,10,18H2. The van der Waals surface area contributed by atoms with Crippen molar-refractivity contribution in [2.45, 2.75) is 13.1 Å². The molecule has 0 amide bonds. The molecular formula is C16H14ClN3O. The molecule has 0 saturated heterocycles. The van der Waals surface area contributed by atoms with Gasteiger partial charge in [0, 0.05) is 11.6 Å². The van der Waals surface area contributed by atoms with Crippen molar-refractivity contribution in [3.05, 3.63) is 75.2 Å². The average Bonchev–Trinajstić information content (AvgIpc) is 2.51. The van der Waals surface area contributed by atoms with E-state index in [1.807, 2.05) is 42.5 Å². The number of hydrogen-bond donors (Lipinski definition) is 1. The van der Waals surface area contributed by atoms with Crippen molar-refractivity contribution in [2.24, 2.45) is 5.73 Å². The molecule has 0 unspecified atom stereocenters. The van der Waals surface area contributed by atoms with Crippen LogP contribution in [-0.2, 0) is 13.1 Å². The van der Waals surface area contributed by atoms with Gasteiger partial charge in [0.05, 0.1) is 23.8 Å². The van der Waals surface area contributed by atoms with E-state index in [9.17, 15) is 4.79 Å². The fourth-order valence-electron chi connectivity index (χ4n) is 2.29. The molecule has 0 fully saturated rings. The van der Waals surface area contributed by atoms with Crippen molar-refractivity contribution < 1.29 is 0 Å².